The van der Waals surface area contributed by atoms with E-state index in [4.69, 9.17) is 9.47 Å². The number of carbonyl (C=O) groups is 1. The molecule has 1 aliphatic heterocycles. The number of allylic oxidation sites excluding steroid dienone is 1. The first kappa shape index (κ1) is 15.6. The van der Waals surface area contributed by atoms with E-state index in [0.29, 0.717) is 36.9 Å². The first-order valence-corrected chi connectivity index (χ1v) is 7.73. The van der Waals surface area contributed by atoms with Crippen LogP contribution in [0, 0.1) is 29.1 Å². The predicted molar refractivity (Wildman–Crippen MR) is 79.2 cm³/mol. The smallest absolute Gasteiger partial charge is 0.302 e. The molecule has 0 aromatic heterocycles. The Kier molecular flexibility index (Phi) is 4.29. The molecule has 2 rings (SSSR count). The molecule has 0 saturated carbocycles. The van der Waals surface area contributed by atoms with E-state index in [1.54, 1.807) is 0 Å². The average Bonchev–Trinajstić information content (AvgIpc) is 2.34. The molecule has 2 bridgehead atoms. The van der Waals surface area contributed by atoms with Crippen LogP contribution in [0.1, 0.15) is 41.5 Å². The summed E-state index contributed by atoms with van der Waals surface area (Å²) in [5.41, 5.74) is 1.36. The molecule has 3 nitrogen and oxygen atoms in total. The van der Waals surface area contributed by atoms with Gasteiger partial charge in [-0.1, -0.05) is 39.3 Å². The van der Waals surface area contributed by atoms with E-state index in [1.807, 2.05) is 0 Å². The van der Waals surface area contributed by atoms with Crippen LogP contribution in [0.25, 0.3) is 0 Å². The van der Waals surface area contributed by atoms with Gasteiger partial charge in [0.25, 0.3) is 0 Å². The van der Waals surface area contributed by atoms with Crippen LogP contribution >= 0.6 is 0 Å². The molecule has 4 unspecified atom stereocenters. The van der Waals surface area contributed by atoms with Gasteiger partial charge in [0.2, 0.25) is 0 Å². The molecule has 1 aliphatic carbocycles. The topological polar surface area (TPSA) is 35.5 Å². The van der Waals surface area contributed by atoms with Gasteiger partial charge >= 0.3 is 5.97 Å². The lowest BCUT2D eigenvalue weighted by atomic mass is 9.55. The van der Waals surface area contributed by atoms with Crippen molar-refractivity contribution in [3.8, 4) is 0 Å². The molecule has 0 radical (unpaired) electrons. The minimum atomic E-state index is -0.201. The van der Waals surface area contributed by atoms with Crippen molar-refractivity contribution >= 4 is 5.97 Å². The number of rotatable bonds is 3. The zero-order valence-electron chi connectivity index (χ0n) is 13.6. The van der Waals surface area contributed by atoms with Gasteiger partial charge in [0.1, 0.15) is 0 Å². The van der Waals surface area contributed by atoms with E-state index in [-0.39, 0.29) is 17.5 Å². The fourth-order valence-electron chi connectivity index (χ4n) is 4.15. The molecule has 1 heterocycles. The van der Waals surface area contributed by atoms with Gasteiger partial charge in [0.05, 0.1) is 19.3 Å². The number of hydrogen-bond acceptors (Lipinski definition) is 3. The lowest BCUT2D eigenvalue weighted by molar-refractivity contribution is -0.186. The van der Waals surface area contributed by atoms with Crippen molar-refractivity contribution in [2.75, 3.05) is 13.2 Å². The monoisotopic (exact) mass is 280 g/mol. The molecule has 0 aromatic rings. The zero-order valence-corrected chi connectivity index (χ0v) is 13.6. The highest BCUT2D eigenvalue weighted by molar-refractivity contribution is 5.65. The molecule has 2 aliphatic rings. The summed E-state index contributed by atoms with van der Waals surface area (Å²) in [6.07, 6.45) is 2.64. The maximum atomic E-state index is 11.2. The Morgan fingerprint density at radius 2 is 2.15 bits per heavy atom. The van der Waals surface area contributed by atoms with Gasteiger partial charge in [-0.25, -0.2) is 0 Å². The van der Waals surface area contributed by atoms with E-state index in [2.05, 4.69) is 40.7 Å². The zero-order chi connectivity index (χ0) is 15.1. The van der Waals surface area contributed by atoms with Crippen LogP contribution in [0.4, 0.5) is 0 Å². The van der Waals surface area contributed by atoms with Crippen LogP contribution in [0.2, 0.25) is 0 Å². The van der Waals surface area contributed by atoms with E-state index < -0.39 is 0 Å². The number of fused-ring (bicyclic) bond motifs is 2. The lowest BCUT2D eigenvalue weighted by Gasteiger charge is -2.56. The number of ether oxygens (including phenoxy) is 2. The second-order valence-electron chi connectivity index (χ2n) is 7.05. The SMILES string of the molecule is CC(=O)OCC12COC(C(C)C)C(C(C)=CC1C)[C@H]2C. The summed E-state index contributed by atoms with van der Waals surface area (Å²) < 4.78 is 11.6. The van der Waals surface area contributed by atoms with Gasteiger partial charge in [-0.05, 0) is 24.7 Å². The highest BCUT2D eigenvalue weighted by Gasteiger charge is 2.54. The standard InChI is InChI=1S/C17H28O3/c1-10(2)16-15-11(3)7-12(4)17(9-20-16,13(15)5)8-19-14(6)18/h7,10,12-13,15-16H,8-9H2,1-6H3/t12?,13-,15?,16?,17?/m1/s1. The molecule has 1 saturated heterocycles. The average molecular weight is 280 g/mol. The molecule has 0 amide bonds. The van der Waals surface area contributed by atoms with Crippen molar-refractivity contribution in [1.82, 2.24) is 0 Å². The minimum Gasteiger partial charge on any atom is -0.465 e. The summed E-state index contributed by atoms with van der Waals surface area (Å²) in [7, 11) is 0. The second-order valence-corrected chi connectivity index (χ2v) is 7.05. The Morgan fingerprint density at radius 3 is 2.70 bits per heavy atom. The maximum Gasteiger partial charge on any atom is 0.302 e. The summed E-state index contributed by atoms with van der Waals surface area (Å²) in [4.78, 5) is 11.2. The summed E-state index contributed by atoms with van der Waals surface area (Å²) in [5.74, 6) is 1.60. The van der Waals surface area contributed by atoms with Crippen molar-refractivity contribution < 1.29 is 14.3 Å². The number of hydrogen-bond donors (Lipinski definition) is 0. The molecular weight excluding hydrogens is 252 g/mol. The van der Waals surface area contributed by atoms with E-state index in [1.165, 1.54) is 12.5 Å². The van der Waals surface area contributed by atoms with Gasteiger partial charge in [-0.15, -0.1) is 0 Å². The second kappa shape index (κ2) is 5.51. The van der Waals surface area contributed by atoms with Crippen LogP contribution in [-0.4, -0.2) is 25.3 Å². The fraction of sp³-hybridized carbons (Fsp3) is 0.824. The Hall–Kier alpha value is -0.830. The molecule has 0 aromatic carbocycles. The Balaban J connectivity index is 2.33. The van der Waals surface area contributed by atoms with Gasteiger partial charge in [0, 0.05) is 18.3 Å². The van der Waals surface area contributed by atoms with Crippen LogP contribution < -0.4 is 0 Å². The fourth-order valence-corrected chi connectivity index (χ4v) is 4.15. The number of carbonyl (C=O) groups excluding carboxylic acids is 1. The third-order valence-electron chi connectivity index (χ3n) is 5.49. The van der Waals surface area contributed by atoms with E-state index in [0.717, 1.165) is 0 Å². The lowest BCUT2D eigenvalue weighted by Crippen LogP contribution is -2.57. The predicted octanol–water partition coefficient (Wildman–Crippen LogP) is 3.44. The molecular formula is C17H28O3. The van der Waals surface area contributed by atoms with Gasteiger partial charge in [-0.2, -0.15) is 0 Å². The van der Waals surface area contributed by atoms with Crippen molar-refractivity contribution in [3.05, 3.63) is 11.6 Å². The van der Waals surface area contributed by atoms with Crippen molar-refractivity contribution in [1.29, 1.82) is 0 Å². The maximum absolute atomic E-state index is 11.2. The normalized spacial score (nSPS) is 40.5. The van der Waals surface area contributed by atoms with Gasteiger partial charge < -0.3 is 9.47 Å². The Morgan fingerprint density at radius 1 is 1.50 bits per heavy atom. The van der Waals surface area contributed by atoms with Crippen molar-refractivity contribution in [3.63, 3.8) is 0 Å². The molecule has 5 atom stereocenters. The van der Waals surface area contributed by atoms with Gasteiger partial charge in [-0.3, -0.25) is 4.79 Å². The van der Waals surface area contributed by atoms with Crippen molar-refractivity contribution in [2.45, 2.75) is 47.6 Å². The molecule has 20 heavy (non-hydrogen) atoms. The molecule has 0 N–H and O–H groups in total. The molecule has 0 spiro atoms. The van der Waals surface area contributed by atoms with Crippen LogP contribution in [0.5, 0.6) is 0 Å². The quantitative estimate of drug-likeness (QED) is 0.587. The summed E-state index contributed by atoms with van der Waals surface area (Å²) in [5, 5.41) is 0. The third kappa shape index (κ3) is 2.41. The van der Waals surface area contributed by atoms with Crippen molar-refractivity contribution in [2.24, 2.45) is 29.1 Å². The summed E-state index contributed by atoms with van der Waals surface area (Å²) in [6, 6.07) is 0. The van der Waals surface area contributed by atoms with E-state index in [9.17, 15) is 4.79 Å². The third-order valence-corrected chi connectivity index (χ3v) is 5.49. The van der Waals surface area contributed by atoms with Crippen LogP contribution in [-0.2, 0) is 14.3 Å². The van der Waals surface area contributed by atoms with E-state index >= 15 is 0 Å². The number of esters is 1. The summed E-state index contributed by atoms with van der Waals surface area (Å²) >= 11 is 0. The highest BCUT2D eigenvalue weighted by Crippen LogP contribution is 2.53. The minimum absolute atomic E-state index is 0.0682. The van der Waals surface area contributed by atoms with Gasteiger partial charge in [0.15, 0.2) is 0 Å². The first-order chi connectivity index (χ1) is 9.29. The molecule has 114 valence electrons. The highest BCUT2D eigenvalue weighted by atomic mass is 16.5. The van der Waals surface area contributed by atoms with Crippen LogP contribution in [0.3, 0.4) is 0 Å². The molecule has 1 fully saturated rings. The first-order valence-electron chi connectivity index (χ1n) is 7.73. The van der Waals surface area contributed by atoms with Crippen LogP contribution in [0.15, 0.2) is 11.6 Å². The largest absolute Gasteiger partial charge is 0.465 e. The summed E-state index contributed by atoms with van der Waals surface area (Å²) in [6.45, 7) is 13.8. The molecule has 3 heteroatoms. The Labute approximate surface area is 122 Å². The Bertz CT molecular complexity index is 412.